The molecule has 0 aliphatic carbocycles. The minimum absolute atomic E-state index is 0.0430. The van der Waals surface area contributed by atoms with Gasteiger partial charge in [-0.25, -0.2) is 9.67 Å². The molecule has 1 aromatic heterocycles. The summed E-state index contributed by atoms with van der Waals surface area (Å²) in [6.45, 7) is 1.71. The fraction of sp³-hybridized carbons (Fsp3) is 0.250. The monoisotopic (exact) mass is 396 g/mol. The van der Waals surface area contributed by atoms with Gasteiger partial charge in [-0.3, -0.25) is 4.79 Å². The van der Waals surface area contributed by atoms with Crippen LogP contribution in [-0.2, 0) is 11.2 Å². The second-order valence-electron chi connectivity index (χ2n) is 6.17. The van der Waals surface area contributed by atoms with E-state index in [1.54, 1.807) is 11.0 Å². The number of para-hydroxylation sites is 1. The zero-order valence-corrected chi connectivity index (χ0v) is 16.0. The van der Waals surface area contributed by atoms with Gasteiger partial charge in [0.05, 0.1) is 11.4 Å². The van der Waals surface area contributed by atoms with Crippen LogP contribution in [0.3, 0.4) is 0 Å². The Bertz CT molecular complexity index is 946. The molecule has 144 valence electrons. The van der Waals surface area contributed by atoms with Crippen LogP contribution in [0.4, 0.5) is 0 Å². The minimum Gasteiger partial charge on any atom is -0.486 e. The molecule has 1 aliphatic rings. The van der Waals surface area contributed by atoms with E-state index >= 15 is 0 Å². The number of fused-ring (bicyclic) bond motifs is 1. The summed E-state index contributed by atoms with van der Waals surface area (Å²) in [5.74, 6) is 1.78. The molecule has 28 heavy (non-hydrogen) atoms. The largest absolute Gasteiger partial charge is 0.486 e. The van der Waals surface area contributed by atoms with Crippen molar-refractivity contribution in [3.05, 3.63) is 60.4 Å². The Morgan fingerprint density at radius 1 is 1.11 bits per heavy atom. The molecule has 7 nitrogen and oxygen atoms in total. The highest BCUT2D eigenvalue weighted by molar-refractivity contribution is 7.99. The van der Waals surface area contributed by atoms with E-state index in [9.17, 15) is 4.79 Å². The Morgan fingerprint density at radius 3 is 2.79 bits per heavy atom. The normalized spacial score (nSPS) is 12.6. The topological polar surface area (TPSA) is 78.3 Å². The Kier molecular flexibility index (Phi) is 5.77. The second-order valence-corrected chi connectivity index (χ2v) is 7.12. The molecule has 0 spiro atoms. The van der Waals surface area contributed by atoms with Crippen LogP contribution in [0, 0.1) is 0 Å². The number of carbonyl (C=O) groups excluding carboxylic acids is 1. The summed E-state index contributed by atoms with van der Waals surface area (Å²) in [4.78, 5) is 16.3. The van der Waals surface area contributed by atoms with E-state index in [4.69, 9.17) is 9.47 Å². The molecule has 1 amide bonds. The van der Waals surface area contributed by atoms with Gasteiger partial charge < -0.3 is 14.8 Å². The summed E-state index contributed by atoms with van der Waals surface area (Å²) in [5, 5.41) is 7.88. The molecular weight excluding hydrogens is 376 g/mol. The van der Waals surface area contributed by atoms with Gasteiger partial charge in [-0.2, -0.15) is 0 Å². The van der Waals surface area contributed by atoms with Crippen molar-refractivity contribution in [1.29, 1.82) is 0 Å². The number of rotatable bonds is 7. The Hall–Kier alpha value is -3.00. The van der Waals surface area contributed by atoms with Gasteiger partial charge in [0.25, 0.3) is 0 Å². The van der Waals surface area contributed by atoms with Gasteiger partial charge in [-0.05, 0) is 36.2 Å². The maximum Gasteiger partial charge on any atom is 0.230 e. The first-order chi connectivity index (χ1) is 13.8. The van der Waals surface area contributed by atoms with Gasteiger partial charge in [-0.15, -0.1) is 5.10 Å². The van der Waals surface area contributed by atoms with E-state index in [1.807, 2.05) is 48.5 Å². The number of nitrogens with zero attached hydrogens (tertiary/aromatic N) is 3. The molecule has 2 aromatic carbocycles. The third-order valence-corrected chi connectivity index (χ3v) is 5.02. The SMILES string of the molecule is O=C(CSc1ncn(-c2ccccc2)n1)NCCc1ccc2c(c1)OCCO2. The van der Waals surface area contributed by atoms with Crippen LogP contribution in [0.5, 0.6) is 11.5 Å². The van der Waals surface area contributed by atoms with Crippen molar-refractivity contribution in [3.8, 4) is 17.2 Å². The maximum atomic E-state index is 12.1. The van der Waals surface area contributed by atoms with E-state index in [0.29, 0.717) is 24.9 Å². The number of carbonyl (C=O) groups is 1. The van der Waals surface area contributed by atoms with Crippen molar-refractivity contribution in [2.24, 2.45) is 0 Å². The number of hydrogen-bond donors (Lipinski definition) is 1. The summed E-state index contributed by atoms with van der Waals surface area (Å²) < 4.78 is 12.8. The summed E-state index contributed by atoms with van der Waals surface area (Å²) in [6, 6.07) is 15.6. The van der Waals surface area contributed by atoms with E-state index in [-0.39, 0.29) is 11.7 Å². The molecule has 0 fully saturated rings. The number of hydrogen-bond acceptors (Lipinski definition) is 6. The summed E-state index contributed by atoms with van der Waals surface area (Å²) in [5.41, 5.74) is 2.03. The first kappa shape index (κ1) is 18.4. The van der Waals surface area contributed by atoms with E-state index in [0.717, 1.165) is 29.2 Å². The van der Waals surface area contributed by atoms with Crippen LogP contribution < -0.4 is 14.8 Å². The average Bonchev–Trinajstić information content (AvgIpc) is 3.22. The predicted molar refractivity (Wildman–Crippen MR) is 106 cm³/mol. The highest BCUT2D eigenvalue weighted by atomic mass is 32.2. The summed E-state index contributed by atoms with van der Waals surface area (Å²) >= 11 is 1.32. The van der Waals surface area contributed by atoms with E-state index in [1.165, 1.54) is 11.8 Å². The molecular formula is C20H20N4O3S. The van der Waals surface area contributed by atoms with E-state index < -0.39 is 0 Å². The van der Waals surface area contributed by atoms with Crippen LogP contribution >= 0.6 is 11.8 Å². The Balaban J connectivity index is 1.22. The van der Waals surface area contributed by atoms with Gasteiger partial charge >= 0.3 is 0 Å². The molecule has 2 heterocycles. The number of thioether (sulfide) groups is 1. The van der Waals surface area contributed by atoms with Crippen LogP contribution in [0.15, 0.2) is 60.0 Å². The molecule has 8 heteroatoms. The number of aromatic nitrogens is 3. The van der Waals surface area contributed by atoms with Gasteiger partial charge in [0.15, 0.2) is 11.5 Å². The molecule has 3 aromatic rings. The first-order valence-corrected chi connectivity index (χ1v) is 10.0. The zero-order chi connectivity index (χ0) is 19.2. The quantitative estimate of drug-likeness (QED) is 0.618. The zero-order valence-electron chi connectivity index (χ0n) is 15.2. The van der Waals surface area contributed by atoms with Crippen molar-refractivity contribution < 1.29 is 14.3 Å². The van der Waals surface area contributed by atoms with Crippen LogP contribution in [0.25, 0.3) is 5.69 Å². The molecule has 0 bridgehead atoms. The van der Waals surface area contributed by atoms with Crippen LogP contribution in [0.2, 0.25) is 0 Å². The van der Waals surface area contributed by atoms with Crippen molar-refractivity contribution in [2.75, 3.05) is 25.5 Å². The molecule has 1 aliphatic heterocycles. The minimum atomic E-state index is -0.0430. The van der Waals surface area contributed by atoms with Crippen molar-refractivity contribution in [3.63, 3.8) is 0 Å². The van der Waals surface area contributed by atoms with E-state index in [2.05, 4.69) is 15.4 Å². The first-order valence-electron chi connectivity index (χ1n) is 9.03. The highest BCUT2D eigenvalue weighted by Crippen LogP contribution is 2.30. The molecule has 1 N–H and O–H groups in total. The lowest BCUT2D eigenvalue weighted by atomic mass is 10.1. The number of benzene rings is 2. The Morgan fingerprint density at radius 2 is 1.93 bits per heavy atom. The lowest BCUT2D eigenvalue weighted by molar-refractivity contribution is -0.118. The lowest BCUT2D eigenvalue weighted by Gasteiger charge is -2.18. The van der Waals surface area contributed by atoms with Crippen molar-refractivity contribution >= 4 is 17.7 Å². The molecule has 0 saturated heterocycles. The van der Waals surface area contributed by atoms with Crippen LogP contribution in [0.1, 0.15) is 5.56 Å². The second kappa shape index (κ2) is 8.79. The highest BCUT2D eigenvalue weighted by Gasteiger charge is 2.12. The summed E-state index contributed by atoms with van der Waals surface area (Å²) in [6.07, 6.45) is 2.38. The number of ether oxygens (including phenoxy) is 2. The fourth-order valence-electron chi connectivity index (χ4n) is 2.79. The molecule has 0 radical (unpaired) electrons. The van der Waals surface area contributed by atoms with Gasteiger partial charge in [0.2, 0.25) is 11.1 Å². The fourth-order valence-corrected chi connectivity index (χ4v) is 3.42. The average molecular weight is 396 g/mol. The standard InChI is InChI=1S/C20H20N4O3S/c25-19(13-28-20-22-14-24(23-20)16-4-2-1-3-5-16)21-9-8-15-6-7-17-18(12-15)27-11-10-26-17/h1-7,12,14H,8-11,13H2,(H,21,25). The number of nitrogens with one attached hydrogen (secondary N) is 1. The third kappa shape index (κ3) is 4.64. The van der Waals surface area contributed by atoms with Gasteiger partial charge in [0.1, 0.15) is 19.5 Å². The van der Waals surface area contributed by atoms with Crippen molar-refractivity contribution in [2.45, 2.75) is 11.6 Å². The molecule has 4 rings (SSSR count). The maximum absolute atomic E-state index is 12.1. The molecule has 0 saturated carbocycles. The molecule has 0 atom stereocenters. The lowest BCUT2D eigenvalue weighted by Crippen LogP contribution is -2.27. The van der Waals surface area contributed by atoms with Crippen molar-refractivity contribution in [1.82, 2.24) is 20.1 Å². The Labute approximate surface area is 167 Å². The third-order valence-electron chi connectivity index (χ3n) is 4.17. The smallest absolute Gasteiger partial charge is 0.230 e. The van der Waals surface area contributed by atoms with Gasteiger partial charge in [-0.1, -0.05) is 36.0 Å². The predicted octanol–water partition coefficient (Wildman–Crippen LogP) is 2.49. The van der Waals surface area contributed by atoms with Gasteiger partial charge in [0, 0.05) is 6.54 Å². The summed E-state index contributed by atoms with van der Waals surface area (Å²) in [7, 11) is 0. The number of amides is 1. The molecule has 0 unspecified atom stereocenters. The van der Waals surface area contributed by atoms with Crippen LogP contribution in [-0.4, -0.2) is 46.2 Å².